The van der Waals surface area contributed by atoms with Gasteiger partial charge in [0.2, 0.25) is 0 Å². The lowest BCUT2D eigenvalue weighted by atomic mass is 10.3. The van der Waals surface area contributed by atoms with Crippen LogP contribution in [0.1, 0.15) is 20.8 Å². The van der Waals surface area contributed by atoms with Gasteiger partial charge in [0.15, 0.2) is 0 Å². The van der Waals surface area contributed by atoms with Crippen molar-refractivity contribution in [1.29, 1.82) is 0 Å². The highest BCUT2D eigenvalue weighted by Gasteiger charge is 2.11. The minimum Gasteiger partial charge on any atom is -0.369 e. The highest BCUT2D eigenvalue weighted by molar-refractivity contribution is 7.99. The van der Waals surface area contributed by atoms with Crippen LogP contribution in [-0.2, 0) is 0 Å². The van der Waals surface area contributed by atoms with Gasteiger partial charge in [0, 0.05) is 18.3 Å². The molecular weight excluding hydrogens is 289 g/mol. The maximum absolute atomic E-state index is 6.14. The van der Waals surface area contributed by atoms with Gasteiger partial charge in [0.1, 0.15) is 11.6 Å². The van der Waals surface area contributed by atoms with E-state index in [0.717, 1.165) is 18.1 Å². The Morgan fingerprint density at radius 2 is 1.94 bits per heavy atom. The molecule has 102 valence electrons. The zero-order valence-electron chi connectivity index (χ0n) is 10.9. The summed E-state index contributed by atoms with van der Waals surface area (Å²) in [7, 11) is 0. The molecule has 0 aliphatic carbocycles. The number of halogens is 2. The smallest absolute Gasteiger partial charge is 0.147 e. The predicted molar refractivity (Wildman–Crippen MR) is 84.5 cm³/mol. The van der Waals surface area contributed by atoms with Gasteiger partial charge in [-0.05, 0) is 25.7 Å². The molecule has 1 aromatic rings. The Bertz CT molecular complexity index is 388. The van der Waals surface area contributed by atoms with Crippen LogP contribution in [0.15, 0.2) is 6.07 Å². The first kappa shape index (κ1) is 15.7. The van der Waals surface area contributed by atoms with Gasteiger partial charge in [-0.3, -0.25) is 0 Å². The van der Waals surface area contributed by atoms with Gasteiger partial charge < -0.3 is 10.6 Å². The molecule has 0 aliphatic rings. The van der Waals surface area contributed by atoms with E-state index in [1.807, 2.05) is 18.7 Å². The number of aromatic nitrogens is 1. The molecule has 0 radical (unpaired) electrons. The van der Waals surface area contributed by atoms with Crippen LogP contribution in [0.3, 0.4) is 0 Å². The zero-order chi connectivity index (χ0) is 13.5. The second kappa shape index (κ2) is 7.97. The third-order valence-corrected chi connectivity index (χ3v) is 3.95. The summed E-state index contributed by atoms with van der Waals surface area (Å²) < 4.78 is 0. The minimum atomic E-state index is 0.315. The molecule has 0 aliphatic heterocycles. The largest absolute Gasteiger partial charge is 0.369 e. The summed E-state index contributed by atoms with van der Waals surface area (Å²) in [4.78, 5) is 4.41. The van der Waals surface area contributed by atoms with Crippen LogP contribution in [0.4, 0.5) is 11.6 Å². The molecule has 1 atom stereocenters. The molecule has 0 saturated carbocycles. The first-order valence-electron chi connectivity index (χ1n) is 6.02. The Kier molecular flexibility index (Phi) is 6.97. The summed E-state index contributed by atoms with van der Waals surface area (Å²) in [6, 6.07) is 2.03. The van der Waals surface area contributed by atoms with Crippen LogP contribution in [0.25, 0.3) is 0 Å². The second-order valence-electron chi connectivity index (χ2n) is 3.88. The van der Waals surface area contributed by atoms with Crippen LogP contribution in [-0.4, -0.2) is 29.1 Å². The van der Waals surface area contributed by atoms with E-state index in [-0.39, 0.29) is 0 Å². The predicted octanol–water partition coefficient (Wildman–Crippen LogP) is 4.37. The molecule has 1 rings (SSSR count). The van der Waals surface area contributed by atoms with Gasteiger partial charge in [-0.15, -0.1) is 0 Å². The number of hydrogen-bond acceptors (Lipinski definition) is 4. The van der Waals surface area contributed by atoms with Crippen LogP contribution in [0, 0.1) is 0 Å². The van der Waals surface area contributed by atoms with E-state index in [1.165, 1.54) is 0 Å². The third-order valence-electron chi connectivity index (χ3n) is 2.23. The summed E-state index contributed by atoms with van der Waals surface area (Å²) in [6.07, 6.45) is 0. The number of hydrogen-bond donors (Lipinski definition) is 2. The highest BCUT2D eigenvalue weighted by Crippen LogP contribution is 2.29. The zero-order valence-corrected chi connectivity index (χ0v) is 13.2. The van der Waals surface area contributed by atoms with E-state index >= 15 is 0 Å². The van der Waals surface area contributed by atoms with E-state index in [9.17, 15) is 0 Å². The maximum atomic E-state index is 6.14. The molecule has 0 saturated heterocycles. The van der Waals surface area contributed by atoms with Crippen molar-refractivity contribution in [3.63, 3.8) is 0 Å². The van der Waals surface area contributed by atoms with Crippen molar-refractivity contribution in [2.45, 2.75) is 26.8 Å². The van der Waals surface area contributed by atoms with Gasteiger partial charge in [0.25, 0.3) is 0 Å². The molecule has 0 amide bonds. The Labute approximate surface area is 123 Å². The van der Waals surface area contributed by atoms with E-state index in [2.05, 4.69) is 29.5 Å². The van der Waals surface area contributed by atoms with Crippen LogP contribution in [0.2, 0.25) is 10.0 Å². The fourth-order valence-electron chi connectivity index (χ4n) is 1.43. The average molecular weight is 308 g/mol. The van der Waals surface area contributed by atoms with Crippen LogP contribution >= 0.6 is 35.0 Å². The van der Waals surface area contributed by atoms with Gasteiger partial charge in [0.05, 0.1) is 10.0 Å². The fourth-order valence-corrected chi connectivity index (χ4v) is 2.58. The Morgan fingerprint density at radius 1 is 1.28 bits per heavy atom. The van der Waals surface area contributed by atoms with Gasteiger partial charge in [-0.1, -0.05) is 30.1 Å². The van der Waals surface area contributed by atoms with Crippen molar-refractivity contribution in [1.82, 2.24) is 4.98 Å². The monoisotopic (exact) mass is 307 g/mol. The number of rotatable bonds is 7. The maximum Gasteiger partial charge on any atom is 0.147 e. The quantitative estimate of drug-likeness (QED) is 0.784. The molecule has 0 fully saturated rings. The molecule has 6 heteroatoms. The number of thioether (sulfide) groups is 1. The topological polar surface area (TPSA) is 37.0 Å². The summed E-state index contributed by atoms with van der Waals surface area (Å²) in [5, 5.41) is 7.52. The lowest BCUT2D eigenvalue weighted by molar-refractivity contribution is 0.902. The average Bonchev–Trinajstić information content (AvgIpc) is 2.33. The first-order valence-corrected chi connectivity index (χ1v) is 7.93. The number of nitrogens with zero attached hydrogens (tertiary/aromatic N) is 1. The Balaban J connectivity index is 2.78. The van der Waals surface area contributed by atoms with Crippen molar-refractivity contribution in [3.05, 3.63) is 16.1 Å². The molecule has 2 N–H and O–H groups in total. The van der Waals surface area contributed by atoms with Crippen LogP contribution in [0.5, 0.6) is 0 Å². The summed E-state index contributed by atoms with van der Waals surface area (Å²) in [6.45, 7) is 7.03. The summed E-state index contributed by atoms with van der Waals surface area (Å²) >= 11 is 14.1. The summed E-state index contributed by atoms with van der Waals surface area (Å²) in [5.41, 5.74) is 0. The molecule has 1 unspecified atom stereocenters. The van der Waals surface area contributed by atoms with Crippen molar-refractivity contribution in [2.75, 3.05) is 28.7 Å². The van der Waals surface area contributed by atoms with Crippen molar-refractivity contribution >= 4 is 46.6 Å². The van der Waals surface area contributed by atoms with Gasteiger partial charge >= 0.3 is 0 Å². The molecule has 0 aromatic carbocycles. The molecule has 3 nitrogen and oxygen atoms in total. The normalized spacial score (nSPS) is 12.3. The van der Waals surface area contributed by atoms with Crippen LogP contribution < -0.4 is 10.6 Å². The lowest BCUT2D eigenvalue weighted by Gasteiger charge is -2.16. The molecular formula is C12H19Cl2N3S. The van der Waals surface area contributed by atoms with E-state index in [1.54, 1.807) is 6.07 Å². The molecule has 1 heterocycles. The molecule has 0 bridgehead atoms. The van der Waals surface area contributed by atoms with E-state index in [4.69, 9.17) is 23.2 Å². The van der Waals surface area contributed by atoms with Gasteiger partial charge in [-0.2, -0.15) is 11.8 Å². The second-order valence-corrected chi connectivity index (χ2v) is 6.02. The SMILES string of the molecule is CCNc1nc(NC(C)CSCC)c(Cl)cc1Cl. The van der Waals surface area contributed by atoms with Gasteiger partial charge in [-0.25, -0.2) is 4.98 Å². The first-order chi connectivity index (χ1) is 8.58. The number of pyridine rings is 1. The minimum absolute atomic E-state index is 0.315. The lowest BCUT2D eigenvalue weighted by Crippen LogP contribution is -2.19. The third kappa shape index (κ3) is 4.75. The van der Waals surface area contributed by atoms with E-state index < -0.39 is 0 Å². The Morgan fingerprint density at radius 3 is 2.56 bits per heavy atom. The molecule has 1 aromatic heterocycles. The summed E-state index contributed by atoms with van der Waals surface area (Å²) in [5.74, 6) is 3.48. The molecule has 18 heavy (non-hydrogen) atoms. The van der Waals surface area contributed by atoms with E-state index in [0.29, 0.717) is 27.7 Å². The van der Waals surface area contributed by atoms with Crippen molar-refractivity contribution in [3.8, 4) is 0 Å². The Hall–Kier alpha value is -0.320. The highest BCUT2D eigenvalue weighted by atomic mass is 35.5. The fraction of sp³-hybridized carbons (Fsp3) is 0.583. The number of anilines is 2. The van der Waals surface area contributed by atoms with Crippen molar-refractivity contribution < 1.29 is 0 Å². The standard InChI is InChI=1S/C12H19Cl2N3S/c1-4-15-11-9(13)6-10(14)12(17-11)16-8(3)7-18-5-2/h6,8H,4-5,7H2,1-3H3,(H2,15,16,17). The van der Waals surface area contributed by atoms with Crippen molar-refractivity contribution in [2.24, 2.45) is 0 Å². The molecule has 0 spiro atoms. The number of nitrogens with one attached hydrogen (secondary N) is 2.